The molecule has 16 heavy (non-hydrogen) atoms. The van der Waals surface area contributed by atoms with E-state index in [0.717, 1.165) is 17.4 Å². The fourth-order valence-corrected chi connectivity index (χ4v) is 3.12. The number of hydrogen-bond donors (Lipinski definition) is 0. The number of hydrogen-bond acceptors (Lipinski definition) is 5. The quantitative estimate of drug-likeness (QED) is 0.743. The lowest BCUT2D eigenvalue weighted by atomic mass is 10.2. The first-order chi connectivity index (χ1) is 7.63. The van der Waals surface area contributed by atoms with Crippen LogP contribution in [-0.4, -0.2) is 30.6 Å². The normalized spacial score (nSPS) is 20.2. The fourth-order valence-electron chi connectivity index (χ4n) is 2.00. The molecule has 88 valence electrons. The van der Waals surface area contributed by atoms with Gasteiger partial charge in [0.05, 0.1) is 12.8 Å². The molecular weight excluding hydrogens is 224 g/mol. The number of aryl methyl sites for hydroxylation is 1. The SMILES string of the molecule is COC(=O)c1sc(N2CCCC2C)nc1C. The minimum Gasteiger partial charge on any atom is -0.465 e. The zero-order valence-corrected chi connectivity index (χ0v) is 10.6. The predicted octanol–water partition coefficient (Wildman–Crippen LogP) is 2.23. The second-order valence-corrected chi connectivity index (χ2v) is 5.06. The highest BCUT2D eigenvalue weighted by Crippen LogP contribution is 2.31. The Morgan fingerprint density at radius 2 is 2.38 bits per heavy atom. The lowest BCUT2D eigenvalue weighted by Gasteiger charge is -2.19. The minimum atomic E-state index is -0.284. The molecule has 0 bridgehead atoms. The van der Waals surface area contributed by atoms with Crippen LogP contribution in [0.5, 0.6) is 0 Å². The van der Waals surface area contributed by atoms with Crippen LogP contribution in [0, 0.1) is 6.92 Å². The van der Waals surface area contributed by atoms with Crippen molar-refractivity contribution in [1.29, 1.82) is 0 Å². The Kier molecular flexibility index (Phi) is 3.14. The summed E-state index contributed by atoms with van der Waals surface area (Å²) in [6.45, 7) is 5.09. The fraction of sp³-hybridized carbons (Fsp3) is 0.636. The van der Waals surface area contributed by atoms with Gasteiger partial charge in [-0.25, -0.2) is 9.78 Å². The molecule has 0 saturated carbocycles. The first-order valence-corrected chi connectivity index (χ1v) is 6.27. The van der Waals surface area contributed by atoms with Crippen molar-refractivity contribution < 1.29 is 9.53 Å². The van der Waals surface area contributed by atoms with Gasteiger partial charge < -0.3 is 9.64 Å². The molecular formula is C11H16N2O2S. The van der Waals surface area contributed by atoms with Crippen LogP contribution in [0.25, 0.3) is 0 Å². The van der Waals surface area contributed by atoms with Gasteiger partial charge in [-0.15, -0.1) is 0 Å². The number of thiazole rings is 1. The number of ether oxygens (including phenoxy) is 1. The highest BCUT2D eigenvalue weighted by atomic mass is 32.1. The summed E-state index contributed by atoms with van der Waals surface area (Å²) in [6, 6.07) is 0.524. The molecule has 1 aromatic rings. The number of carbonyl (C=O) groups is 1. The molecule has 1 unspecified atom stereocenters. The summed E-state index contributed by atoms with van der Waals surface area (Å²) in [6.07, 6.45) is 2.40. The van der Waals surface area contributed by atoms with Gasteiger partial charge in [0.1, 0.15) is 4.88 Å². The van der Waals surface area contributed by atoms with Gasteiger partial charge in [0.15, 0.2) is 5.13 Å². The summed E-state index contributed by atoms with van der Waals surface area (Å²) in [5.74, 6) is -0.284. The molecule has 0 amide bonds. The van der Waals surface area contributed by atoms with Gasteiger partial charge in [-0.1, -0.05) is 11.3 Å². The van der Waals surface area contributed by atoms with E-state index in [1.54, 1.807) is 0 Å². The maximum absolute atomic E-state index is 11.5. The van der Waals surface area contributed by atoms with Crippen molar-refractivity contribution in [3.05, 3.63) is 10.6 Å². The van der Waals surface area contributed by atoms with E-state index in [-0.39, 0.29) is 5.97 Å². The van der Waals surface area contributed by atoms with Gasteiger partial charge in [0.2, 0.25) is 0 Å². The van der Waals surface area contributed by atoms with Gasteiger partial charge in [0, 0.05) is 12.6 Å². The van der Waals surface area contributed by atoms with Crippen LogP contribution in [0.3, 0.4) is 0 Å². The molecule has 1 atom stereocenters. The Labute approximate surface area is 99.2 Å². The molecule has 0 spiro atoms. The van der Waals surface area contributed by atoms with Crippen molar-refractivity contribution in [2.24, 2.45) is 0 Å². The van der Waals surface area contributed by atoms with E-state index < -0.39 is 0 Å². The number of aromatic nitrogens is 1. The van der Waals surface area contributed by atoms with E-state index in [0.29, 0.717) is 10.9 Å². The number of methoxy groups -OCH3 is 1. The van der Waals surface area contributed by atoms with Gasteiger partial charge in [-0.05, 0) is 26.7 Å². The molecule has 4 nitrogen and oxygen atoms in total. The predicted molar refractivity (Wildman–Crippen MR) is 64.2 cm³/mol. The van der Waals surface area contributed by atoms with Crippen molar-refractivity contribution >= 4 is 22.4 Å². The monoisotopic (exact) mass is 240 g/mol. The highest BCUT2D eigenvalue weighted by Gasteiger charge is 2.25. The molecule has 1 aromatic heterocycles. The molecule has 0 N–H and O–H groups in total. The lowest BCUT2D eigenvalue weighted by Crippen LogP contribution is -2.25. The van der Waals surface area contributed by atoms with Crippen LogP contribution in [-0.2, 0) is 4.74 Å². The van der Waals surface area contributed by atoms with Crippen LogP contribution < -0.4 is 4.90 Å². The number of rotatable bonds is 2. The Hall–Kier alpha value is -1.10. The van der Waals surface area contributed by atoms with E-state index in [4.69, 9.17) is 4.74 Å². The maximum Gasteiger partial charge on any atom is 0.350 e. The van der Waals surface area contributed by atoms with Crippen molar-refractivity contribution in [3.63, 3.8) is 0 Å². The molecule has 2 rings (SSSR count). The zero-order chi connectivity index (χ0) is 11.7. The van der Waals surface area contributed by atoms with Crippen molar-refractivity contribution in [3.8, 4) is 0 Å². The molecule has 1 saturated heterocycles. The summed E-state index contributed by atoms with van der Waals surface area (Å²) < 4.78 is 4.73. The smallest absolute Gasteiger partial charge is 0.350 e. The van der Waals surface area contributed by atoms with Crippen LogP contribution in [0.2, 0.25) is 0 Å². The number of anilines is 1. The summed E-state index contributed by atoms with van der Waals surface area (Å²) >= 11 is 1.43. The largest absolute Gasteiger partial charge is 0.465 e. The highest BCUT2D eigenvalue weighted by molar-refractivity contribution is 7.17. The van der Waals surface area contributed by atoms with Gasteiger partial charge in [-0.3, -0.25) is 0 Å². The average molecular weight is 240 g/mol. The first-order valence-electron chi connectivity index (χ1n) is 5.46. The molecule has 0 aromatic carbocycles. The Morgan fingerprint density at radius 3 is 2.94 bits per heavy atom. The lowest BCUT2D eigenvalue weighted by molar-refractivity contribution is 0.0605. The zero-order valence-electron chi connectivity index (χ0n) is 9.82. The Bertz CT molecular complexity index is 403. The third kappa shape index (κ3) is 1.91. The van der Waals surface area contributed by atoms with Crippen molar-refractivity contribution in [2.45, 2.75) is 32.7 Å². The Morgan fingerprint density at radius 1 is 1.62 bits per heavy atom. The molecule has 1 aliphatic rings. The van der Waals surface area contributed by atoms with E-state index in [1.807, 2.05) is 6.92 Å². The summed E-state index contributed by atoms with van der Waals surface area (Å²) in [4.78, 5) is 18.8. The summed E-state index contributed by atoms with van der Waals surface area (Å²) in [7, 11) is 1.40. The molecule has 1 fully saturated rings. The van der Waals surface area contributed by atoms with Crippen LogP contribution in [0.1, 0.15) is 35.1 Å². The topological polar surface area (TPSA) is 42.4 Å². The average Bonchev–Trinajstić information content (AvgIpc) is 2.83. The van der Waals surface area contributed by atoms with Crippen molar-refractivity contribution in [1.82, 2.24) is 4.98 Å². The minimum absolute atomic E-state index is 0.284. The molecule has 0 aliphatic carbocycles. The molecule has 0 radical (unpaired) electrons. The van der Waals surface area contributed by atoms with Crippen LogP contribution in [0.15, 0.2) is 0 Å². The van der Waals surface area contributed by atoms with Gasteiger partial charge in [-0.2, -0.15) is 0 Å². The molecule has 5 heteroatoms. The van der Waals surface area contributed by atoms with E-state index in [2.05, 4.69) is 16.8 Å². The number of carbonyl (C=O) groups excluding carboxylic acids is 1. The molecule has 1 aliphatic heterocycles. The number of nitrogens with zero attached hydrogens (tertiary/aromatic N) is 2. The van der Waals surface area contributed by atoms with Crippen LogP contribution >= 0.6 is 11.3 Å². The van der Waals surface area contributed by atoms with E-state index >= 15 is 0 Å². The summed E-state index contributed by atoms with van der Waals surface area (Å²) in [5.41, 5.74) is 0.769. The van der Waals surface area contributed by atoms with Crippen LogP contribution in [0.4, 0.5) is 5.13 Å². The standard InChI is InChI=1S/C11H16N2O2S/c1-7-5-4-6-13(7)11-12-8(2)9(16-11)10(14)15-3/h7H,4-6H2,1-3H3. The maximum atomic E-state index is 11.5. The third-order valence-corrected chi connectivity index (χ3v) is 4.13. The van der Waals surface area contributed by atoms with E-state index in [9.17, 15) is 4.79 Å². The number of esters is 1. The van der Waals surface area contributed by atoms with Gasteiger partial charge >= 0.3 is 5.97 Å². The Balaban J connectivity index is 2.26. The van der Waals surface area contributed by atoms with Gasteiger partial charge in [0.25, 0.3) is 0 Å². The molecule has 2 heterocycles. The van der Waals surface area contributed by atoms with E-state index in [1.165, 1.54) is 31.3 Å². The second kappa shape index (κ2) is 4.41. The van der Waals surface area contributed by atoms with Crippen molar-refractivity contribution in [2.75, 3.05) is 18.6 Å². The second-order valence-electron chi connectivity index (χ2n) is 4.09. The first kappa shape index (κ1) is 11.4. The summed E-state index contributed by atoms with van der Waals surface area (Å²) in [5, 5.41) is 0.947. The third-order valence-electron chi connectivity index (χ3n) is 2.95.